The molecule has 0 aliphatic carbocycles. The Kier molecular flexibility index (Phi) is 6.91. The highest BCUT2D eigenvalue weighted by molar-refractivity contribution is 9.10. The summed E-state index contributed by atoms with van der Waals surface area (Å²) >= 11 is 3.28. The normalized spacial score (nSPS) is 10.4. The Balaban J connectivity index is 1.82. The van der Waals surface area contributed by atoms with Gasteiger partial charge < -0.3 is 15.4 Å². The molecule has 2 N–H and O–H groups in total. The summed E-state index contributed by atoms with van der Waals surface area (Å²) in [7, 11) is 3.23. The van der Waals surface area contributed by atoms with E-state index in [-0.39, 0.29) is 24.9 Å². The molecule has 1 heterocycles. The van der Waals surface area contributed by atoms with Crippen LogP contribution in [-0.4, -0.2) is 48.9 Å². The zero-order valence-electron chi connectivity index (χ0n) is 14.0. The lowest BCUT2D eigenvalue weighted by Gasteiger charge is -2.16. The highest BCUT2D eigenvalue weighted by Gasteiger charge is 2.13. The fraction of sp³-hybridized carbons (Fsp3) is 0.235. The van der Waals surface area contributed by atoms with E-state index < -0.39 is 0 Å². The van der Waals surface area contributed by atoms with Crippen LogP contribution in [0.4, 0.5) is 11.5 Å². The van der Waals surface area contributed by atoms with Gasteiger partial charge in [0.2, 0.25) is 11.8 Å². The van der Waals surface area contributed by atoms with Crippen LogP contribution in [0.5, 0.6) is 5.75 Å². The van der Waals surface area contributed by atoms with E-state index in [1.54, 1.807) is 48.5 Å². The lowest BCUT2D eigenvalue weighted by atomic mass is 10.3. The van der Waals surface area contributed by atoms with Crippen molar-refractivity contribution < 1.29 is 14.3 Å². The van der Waals surface area contributed by atoms with Crippen molar-refractivity contribution in [1.29, 1.82) is 0 Å². The number of likely N-dealkylation sites (N-methyl/N-ethyl adjacent to an activating group) is 1. The zero-order valence-corrected chi connectivity index (χ0v) is 15.5. The van der Waals surface area contributed by atoms with Gasteiger partial charge in [-0.05, 0) is 47.2 Å². The van der Waals surface area contributed by atoms with Crippen LogP contribution in [0.15, 0.2) is 47.1 Å². The summed E-state index contributed by atoms with van der Waals surface area (Å²) < 4.78 is 6.02. The van der Waals surface area contributed by atoms with Gasteiger partial charge in [-0.1, -0.05) is 12.1 Å². The average molecular weight is 407 g/mol. The Labute approximate surface area is 154 Å². The van der Waals surface area contributed by atoms with E-state index in [4.69, 9.17) is 4.74 Å². The number of anilines is 2. The minimum absolute atomic E-state index is 0.0666. The van der Waals surface area contributed by atoms with E-state index in [2.05, 4.69) is 31.5 Å². The predicted octanol–water partition coefficient (Wildman–Crippen LogP) is 2.36. The lowest BCUT2D eigenvalue weighted by molar-refractivity contribution is -0.119. The van der Waals surface area contributed by atoms with Crippen molar-refractivity contribution in [2.75, 3.05) is 37.9 Å². The number of halogens is 1. The largest absolute Gasteiger partial charge is 0.495 e. The molecular formula is C17H19BrN4O3. The van der Waals surface area contributed by atoms with E-state index in [0.717, 1.165) is 4.47 Å². The van der Waals surface area contributed by atoms with Gasteiger partial charge in [0.25, 0.3) is 0 Å². The molecule has 132 valence electrons. The molecule has 2 rings (SSSR count). The number of aromatic nitrogens is 1. The van der Waals surface area contributed by atoms with Crippen LogP contribution in [-0.2, 0) is 9.59 Å². The number of hydrogen-bond acceptors (Lipinski definition) is 5. The van der Waals surface area contributed by atoms with Crippen molar-refractivity contribution in [3.8, 4) is 5.75 Å². The third-order valence-corrected chi connectivity index (χ3v) is 3.67. The number of ether oxygens (including phenoxy) is 1. The summed E-state index contributed by atoms with van der Waals surface area (Å²) in [6.07, 6.45) is 1.60. The quantitative estimate of drug-likeness (QED) is 0.737. The maximum Gasteiger partial charge on any atom is 0.239 e. The molecule has 0 aliphatic rings. The molecule has 0 spiro atoms. The number of pyridine rings is 1. The second kappa shape index (κ2) is 9.14. The average Bonchev–Trinajstić information content (AvgIpc) is 2.57. The van der Waals surface area contributed by atoms with E-state index in [9.17, 15) is 9.59 Å². The van der Waals surface area contributed by atoms with Crippen LogP contribution in [0.1, 0.15) is 0 Å². The highest BCUT2D eigenvalue weighted by Crippen LogP contribution is 2.22. The number of carbonyl (C=O) groups is 2. The first-order valence-electron chi connectivity index (χ1n) is 7.50. The van der Waals surface area contributed by atoms with Crippen LogP contribution in [0.2, 0.25) is 0 Å². The standard InChI is InChI=1S/C17H19BrN4O3/c1-22(11-17(24)21-15-8-7-12(18)9-19-15)10-16(23)20-13-5-3-4-6-14(13)25-2/h3-9H,10-11H2,1-2H3,(H,20,23)(H,19,21,24). The van der Waals surface area contributed by atoms with E-state index in [0.29, 0.717) is 17.3 Å². The Morgan fingerprint density at radius 3 is 2.44 bits per heavy atom. The molecule has 2 aromatic rings. The highest BCUT2D eigenvalue weighted by atomic mass is 79.9. The fourth-order valence-corrected chi connectivity index (χ4v) is 2.35. The van der Waals surface area contributed by atoms with E-state index in [1.165, 1.54) is 7.11 Å². The van der Waals surface area contributed by atoms with Crippen LogP contribution in [0.3, 0.4) is 0 Å². The second-order valence-electron chi connectivity index (χ2n) is 5.33. The molecule has 0 saturated carbocycles. The number of carbonyl (C=O) groups excluding carboxylic acids is 2. The molecule has 0 fully saturated rings. The maximum atomic E-state index is 12.1. The third kappa shape index (κ3) is 6.17. The number of amides is 2. The minimum Gasteiger partial charge on any atom is -0.495 e. The molecule has 1 aromatic carbocycles. The van der Waals surface area contributed by atoms with Gasteiger partial charge in [-0.3, -0.25) is 14.5 Å². The summed E-state index contributed by atoms with van der Waals surface area (Å²) in [5.41, 5.74) is 0.590. The topological polar surface area (TPSA) is 83.6 Å². The first-order valence-corrected chi connectivity index (χ1v) is 8.30. The molecular weight excluding hydrogens is 388 g/mol. The molecule has 2 amide bonds. The number of para-hydroxylation sites is 2. The predicted molar refractivity (Wildman–Crippen MR) is 99.7 cm³/mol. The van der Waals surface area contributed by atoms with Gasteiger partial charge in [-0.25, -0.2) is 4.98 Å². The fourth-order valence-electron chi connectivity index (χ4n) is 2.12. The number of hydrogen-bond donors (Lipinski definition) is 2. The SMILES string of the molecule is COc1ccccc1NC(=O)CN(C)CC(=O)Nc1ccc(Br)cn1. The summed E-state index contributed by atoms with van der Waals surface area (Å²) in [5.74, 6) is 0.557. The molecule has 0 atom stereocenters. The Hall–Kier alpha value is -2.45. The van der Waals surface area contributed by atoms with Crippen LogP contribution < -0.4 is 15.4 Å². The minimum atomic E-state index is -0.248. The van der Waals surface area contributed by atoms with Gasteiger partial charge in [-0.2, -0.15) is 0 Å². The molecule has 7 nitrogen and oxygen atoms in total. The van der Waals surface area contributed by atoms with Crippen LogP contribution in [0, 0.1) is 0 Å². The van der Waals surface area contributed by atoms with Gasteiger partial charge in [0.15, 0.2) is 0 Å². The Morgan fingerprint density at radius 1 is 1.12 bits per heavy atom. The summed E-state index contributed by atoms with van der Waals surface area (Å²) in [6.45, 7) is 0.135. The van der Waals surface area contributed by atoms with Gasteiger partial charge in [0, 0.05) is 10.7 Å². The Morgan fingerprint density at radius 2 is 1.80 bits per heavy atom. The molecule has 0 aliphatic heterocycles. The van der Waals surface area contributed by atoms with Gasteiger partial charge in [0.1, 0.15) is 11.6 Å². The third-order valence-electron chi connectivity index (χ3n) is 3.20. The summed E-state index contributed by atoms with van der Waals surface area (Å²) in [4.78, 5) is 29.8. The number of benzene rings is 1. The molecule has 0 unspecified atom stereocenters. The monoisotopic (exact) mass is 406 g/mol. The van der Waals surface area contributed by atoms with Crippen LogP contribution in [0.25, 0.3) is 0 Å². The van der Waals surface area contributed by atoms with Gasteiger partial charge >= 0.3 is 0 Å². The van der Waals surface area contributed by atoms with Gasteiger partial charge in [0.05, 0.1) is 25.9 Å². The van der Waals surface area contributed by atoms with Crippen molar-refractivity contribution in [1.82, 2.24) is 9.88 Å². The van der Waals surface area contributed by atoms with Crippen molar-refractivity contribution in [3.05, 3.63) is 47.1 Å². The smallest absolute Gasteiger partial charge is 0.239 e. The summed E-state index contributed by atoms with van der Waals surface area (Å²) in [6, 6.07) is 10.6. The van der Waals surface area contributed by atoms with E-state index >= 15 is 0 Å². The first kappa shape index (κ1) is 18.9. The van der Waals surface area contributed by atoms with Crippen molar-refractivity contribution >= 4 is 39.2 Å². The van der Waals surface area contributed by atoms with Gasteiger partial charge in [-0.15, -0.1) is 0 Å². The molecule has 25 heavy (non-hydrogen) atoms. The van der Waals surface area contributed by atoms with Crippen molar-refractivity contribution in [3.63, 3.8) is 0 Å². The molecule has 1 aromatic heterocycles. The second-order valence-corrected chi connectivity index (χ2v) is 6.25. The number of methoxy groups -OCH3 is 1. The number of nitrogens with zero attached hydrogens (tertiary/aromatic N) is 2. The Bertz CT molecular complexity index is 737. The van der Waals surface area contributed by atoms with Crippen molar-refractivity contribution in [2.24, 2.45) is 0 Å². The number of rotatable bonds is 7. The van der Waals surface area contributed by atoms with Crippen molar-refractivity contribution in [2.45, 2.75) is 0 Å². The molecule has 0 saturated heterocycles. The van der Waals surface area contributed by atoms with Crippen LogP contribution >= 0.6 is 15.9 Å². The first-order chi connectivity index (χ1) is 12.0. The molecule has 0 radical (unpaired) electrons. The summed E-state index contributed by atoms with van der Waals surface area (Å²) in [5, 5.41) is 5.44. The van der Waals surface area contributed by atoms with E-state index in [1.807, 2.05) is 6.07 Å². The molecule has 0 bridgehead atoms. The number of nitrogens with one attached hydrogen (secondary N) is 2. The lowest BCUT2D eigenvalue weighted by Crippen LogP contribution is -2.36. The molecule has 8 heteroatoms. The zero-order chi connectivity index (χ0) is 18.2. The maximum absolute atomic E-state index is 12.1.